The Bertz CT molecular complexity index is 1290. The summed E-state index contributed by atoms with van der Waals surface area (Å²) < 4.78 is 10.8. The lowest BCUT2D eigenvalue weighted by Crippen LogP contribution is -2.52. The number of carbonyl (C=O) groups is 4. The third kappa shape index (κ3) is 5.67. The van der Waals surface area contributed by atoms with Gasteiger partial charge >= 0.3 is 6.09 Å². The molecule has 0 saturated carbocycles. The topological polar surface area (TPSA) is 117 Å². The van der Waals surface area contributed by atoms with Gasteiger partial charge in [-0.15, -0.1) is 0 Å². The second-order valence-corrected chi connectivity index (χ2v) is 10.1. The van der Waals surface area contributed by atoms with Crippen LogP contribution in [0.4, 0.5) is 10.5 Å². The number of piperidine rings is 1. The zero-order valence-corrected chi connectivity index (χ0v) is 21.8. The van der Waals surface area contributed by atoms with Crippen LogP contribution in [0, 0.1) is 6.92 Å². The predicted octanol–water partition coefficient (Wildman–Crippen LogP) is 2.99. The van der Waals surface area contributed by atoms with E-state index in [0.29, 0.717) is 54.6 Å². The Kier molecular flexibility index (Phi) is 7.64. The number of nitrogens with zero attached hydrogens (tertiary/aromatic N) is 2. The van der Waals surface area contributed by atoms with Crippen LogP contribution in [0.1, 0.15) is 45.5 Å². The zero-order valence-electron chi connectivity index (χ0n) is 21.0. The molecule has 0 radical (unpaired) electrons. The van der Waals surface area contributed by atoms with Crippen molar-refractivity contribution in [2.75, 3.05) is 31.6 Å². The molecule has 11 heteroatoms. The third-order valence-corrected chi connectivity index (χ3v) is 7.55. The number of carbonyl (C=O) groups excluding carboxylic acids is 4. The van der Waals surface area contributed by atoms with Gasteiger partial charge in [-0.2, -0.15) is 0 Å². The Morgan fingerprint density at radius 3 is 2.74 bits per heavy atom. The van der Waals surface area contributed by atoms with Crippen LogP contribution in [0.25, 0.3) is 0 Å². The summed E-state index contributed by atoms with van der Waals surface area (Å²) in [5, 5.41) is 5.60. The summed E-state index contributed by atoms with van der Waals surface area (Å²) in [7, 11) is 0. The van der Waals surface area contributed by atoms with Crippen molar-refractivity contribution in [3.05, 3.63) is 63.2 Å². The van der Waals surface area contributed by atoms with Crippen LogP contribution in [-0.2, 0) is 38.8 Å². The number of halogens is 1. The summed E-state index contributed by atoms with van der Waals surface area (Å²) in [6.45, 7) is 5.99. The molecule has 1 unspecified atom stereocenters. The van der Waals surface area contributed by atoms with Crippen LogP contribution in [0.3, 0.4) is 0 Å². The summed E-state index contributed by atoms with van der Waals surface area (Å²) >= 11 is 6.43. The quantitative estimate of drug-likeness (QED) is 0.541. The van der Waals surface area contributed by atoms with Gasteiger partial charge < -0.3 is 14.4 Å². The summed E-state index contributed by atoms with van der Waals surface area (Å²) in [6.07, 6.45) is -0.136. The van der Waals surface area contributed by atoms with E-state index in [1.807, 2.05) is 13.0 Å². The van der Waals surface area contributed by atoms with Gasteiger partial charge in [0.25, 0.3) is 5.91 Å². The second kappa shape index (κ2) is 11.1. The number of fused-ring (bicyclic) bond motifs is 1. The highest BCUT2D eigenvalue weighted by Crippen LogP contribution is 2.29. The van der Waals surface area contributed by atoms with E-state index in [1.165, 1.54) is 4.90 Å². The van der Waals surface area contributed by atoms with Crippen molar-refractivity contribution in [2.24, 2.45) is 0 Å². The highest BCUT2D eigenvalue weighted by Gasteiger charge is 2.39. The Hall–Kier alpha value is -3.47. The van der Waals surface area contributed by atoms with Gasteiger partial charge in [-0.05, 0) is 53.8 Å². The first-order chi connectivity index (χ1) is 18.3. The minimum Gasteiger partial charge on any atom is -0.444 e. The first kappa shape index (κ1) is 26.1. The van der Waals surface area contributed by atoms with Gasteiger partial charge in [-0.25, -0.2) is 4.79 Å². The molecule has 3 aliphatic rings. The molecule has 3 heterocycles. The highest BCUT2D eigenvalue weighted by atomic mass is 35.5. The molecule has 2 aromatic rings. The van der Waals surface area contributed by atoms with Crippen molar-refractivity contribution in [1.82, 2.24) is 15.1 Å². The van der Waals surface area contributed by atoms with Crippen molar-refractivity contribution in [1.29, 1.82) is 0 Å². The van der Waals surface area contributed by atoms with Crippen LogP contribution in [0.15, 0.2) is 30.3 Å². The van der Waals surface area contributed by atoms with E-state index < -0.39 is 18.0 Å². The molecule has 4 amide bonds. The number of hydrogen-bond donors (Lipinski definition) is 2. The number of imide groups is 1. The molecule has 5 rings (SSSR count). The van der Waals surface area contributed by atoms with Crippen molar-refractivity contribution >= 4 is 41.1 Å². The first-order valence-corrected chi connectivity index (χ1v) is 13.0. The summed E-state index contributed by atoms with van der Waals surface area (Å²) in [5.74, 6) is -1.05. The Morgan fingerprint density at radius 2 is 1.97 bits per heavy atom. The van der Waals surface area contributed by atoms with Crippen LogP contribution in [0.5, 0.6) is 0 Å². The monoisotopic (exact) mass is 540 g/mol. The van der Waals surface area contributed by atoms with Crippen molar-refractivity contribution in [3.8, 4) is 0 Å². The van der Waals surface area contributed by atoms with Crippen LogP contribution in [-0.4, -0.2) is 66.0 Å². The average molecular weight is 541 g/mol. The molecule has 38 heavy (non-hydrogen) atoms. The SMILES string of the molecule is Cc1c(Cl)cc(NC(=O)OCc2ccc3c(c2)C(=O)N(C2CCC(=O)NC2=O)C3)cc1CN1CCOCC1. The zero-order chi connectivity index (χ0) is 26.8. The lowest BCUT2D eigenvalue weighted by molar-refractivity contribution is -0.136. The van der Waals surface area contributed by atoms with Gasteiger partial charge in [0, 0.05) is 48.9 Å². The Morgan fingerprint density at radius 1 is 1.18 bits per heavy atom. The van der Waals surface area contributed by atoms with Crippen molar-refractivity contribution < 1.29 is 28.7 Å². The molecule has 2 fully saturated rings. The van der Waals surface area contributed by atoms with E-state index in [2.05, 4.69) is 15.5 Å². The molecule has 3 aliphatic heterocycles. The Balaban J connectivity index is 1.19. The number of rotatable bonds is 6. The number of ether oxygens (including phenoxy) is 2. The molecule has 0 aliphatic carbocycles. The van der Waals surface area contributed by atoms with Crippen molar-refractivity contribution in [3.63, 3.8) is 0 Å². The van der Waals surface area contributed by atoms with Gasteiger partial charge in [0.05, 0.1) is 13.2 Å². The predicted molar refractivity (Wildman–Crippen MR) is 139 cm³/mol. The minimum absolute atomic E-state index is 0.0367. The summed E-state index contributed by atoms with van der Waals surface area (Å²) in [4.78, 5) is 53.0. The maximum atomic E-state index is 13.0. The number of hydrogen-bond acceptors (Lipinski definition) is 7. The smallest absolute Gasteiger partial charge is 0.411 e. The molecule has 1 atom stereocenters. The fraction of sp³-hybridized carbons (Fsp3) is 0.407. The summed E-state index contributed by atoms with van der Waals surface area (Å²) in [5.41, 5.74) is 4.42. The van der Waals surface area contributed by atoms with Crippen LogP contribution >= 0.6 is 11.6 Å². The number of benzene rings is 2. The standard InChI is InChI=1S/C27H29ClN4O6/c1-16-19(13-31-6-8-37-9-7-31)11-20(12-22(16)28)29-27(36)38-15-17-2-3-18-14-32(26(35)21(18)10-17)23-4-5-24(33)30-25(23)34/h2-3,10-12,23H,4-9,13-15H2,1H3,(H,29,36)(H,30,33,34). The lowest BCUT2D eigenvalue weighted by atomic mass is 10.0. The van der Waals surface area contributed by atoms with Crippen LogP contribution in [0.2, 0.25) is 5.02 Å². The largest absolute Gasteiger partial charge is 0.444 e. The average Bonchev–Trinajstić information content (AvgIpc) is 3.22. The van der Waals surface area contributed by atoms with E-state index in [0.717, 1.165) is 29.8 Å². The Labute approximate surface area is 225 Å². The molecule has 0 spiro atoms. The third-order valence-electron chi connectivity index (χ3n) is 7.16. The molecule has 2 aromatic carbocycles. The molecular weight excluding hydrogens is 512 g/mol. The molecular formula is C27H29ClN4O6. The fourth-order valence-electron chi connectivity index (χ4n) is 4.97. The van der Waals surface area contributed by atoms with Gasteiger partial charge in [-0.3, -0.25) is 29.9 Å². The molecule has 10 nitrogen and oxygen atoms in total. The van der Waals surface area contributed by atoms with Gasteiger partial charge in [0.15, 0.2) is 0 Å². The fourth-order valence-corrected chi connectivity index (χ4v) is 5.21. The number of anilines is 1. The lowest BCUT2D eigenvalue weighted by Gasteiger charge is -2.29. The first-order valence-electron chi connectivity index (χ1n) is 12.6. The molecule has 0 bridgehead atoms. The van der Waals surface area contributed by atoms with E-state index in [1.54, 1.807) is 24.3 Å². The van der Waals surface area contributed by atoms with E-state index in [9.17, 15) is 19.2 Å². The minimum atomic E-state index is -0.674. The van der Waals surface area contributed by atoms with E-state index in [-0.39, 0.29) is 24.8 Å². The highest BCUT2D eigenvalue weighted by molar-refractivity contribution is 6.31. The second-order valence-electron chi connectivity index (χ2n) is 9.72. The summed E-state index contributed by atoms with van der Waals surface area (Å²) in [6, 6.07) is 8.19. The van der Waals surface area contributed by atoms with Gasteiger partial charge in [0.1, 0.15) is 12.6 Å². The molecule has 200 valence electrons. The number of morpholine rings is 1. The van der Waals surface area contributed by atoms with Crippen LogP contribution < -0.4 is 10.6 Å². The van der Waals surface area contributed by atoms with Crippen molar-refractivity contribution in [2.45, 2.75) is 45.5 Å². The molecule has 2 N–H and O–H groups in total. The van der Waals surface area contributed by atoms with E-state index in [4.69, 9.17) is 21.1 Å². The maximum Gasteiger partial charge on any atom is 0.411 e. The van der Waals surface area contributed by atoms with E-state index >= 15 is 0 Å². The molecule has 2 saturated heterocycles. The van der Waals surface area contributed by atoms with Gasteiger partial charge in [0.2, 0.25) is 11.8 Å². The number of amides is 4. The van der Waals surface area contributed by atoms with Gasteiger partial charge in [-0.1, -0.05) is 23.7 Å². The number of nitrogens with one attached hydrogen (secondary N) is 2. The normalized spacial score (nSPS) is 19.8. The maximum absolute atomic E-state index is 13.0. The molecule has 0 aromatic heterocycles.